The first-order valence-electron chi connectivity index (χ1n) is 3.94. The zero-order chi connectivity index (χ0) is 10.6. The fourth-order valence-corrected chi connectivity index (χ4v) is 1.20. The summed E-state index contributed by atoms with van der Waals surface area (Å²) >= 11 is 2.09. The SMILES string of the molecule is O=C(NCCI)c1ccc(F)cc1F. The van der Waals surface area contributed by atoms with E-state index in [0.29, 0.717) is 12.6 Å². The van der Waals surface area contributed by atoms with Gasteiger partial charge in [0, 0.05) is 17.0 Å². The molecule has 1 rings (SSSR count). The van der Waals surface area contributed by atoms with Gasteiger partial charge in [-0.05, 0) is 12.1 Å². The zero-order valence-corrected chi connectivity index (χ0v) is 9.35. The molecule has 0 saturated carbocycles. The van der Waals surface area contributed by atoms with Crippen LogP contribution in [0, 0.1) is 11.6 Å². The van der Waals surface area contributed by atoms with Crippen LogP contribution in [0.25, 0.3) is 0 Å². The molecule has 0 aromatic heterocycles. The van der Waals surface area contributed by atoms with Crippen LogP contribution in [-0.2, 0) is 0 Å². The largest absolute Gasteiger partial charge is 0.351 e. The molecule has 0 saturated heterocycles. The maximum Gasteiger partial charge on any atom is 0.254 e. The van der Waals surface area contributed by atoms with Crippen molar-refractivity contribution in [1.29, 1.82) is 0 Å². The normalized spacial score (nSPS) is 9.93. The molecule has 0 bridgehead atoms. The molecule has 1 aromatic rings. The lowest BCUT2D eigenvalue weighted by atomic mass is 10.2. The van der Waals surface area contributed by atoms with Gasteiger partial charge in [0.05, 0.1) is 5.56 Å². The number of carbonyl (C=O) groups is 1. The summed E-state index contributed by atoms with van der Waals surface area (Å²) in [6.07, 6.45) is 0. The number of carbonyl (C=O) groups excluding carboxylic acids is 1. The van der Waals surface area contributed by atoms with Crippen LogP contribution < -0.4 is 5.32 Å². The van der Waals surface area contributed by atoms with Gasteiger partial charge in [-0.25, -0.2) is 8.78 Å². The Bertz CT molecular complexity index is 344. The molecule has 14 heavy (non-hydrogen) atoms. The molecule has 1 amide bonds. The smallest absolute Gasteiger partial charge is 0.254 e. The first-order chi connectivity index (χ1) is 6.65. The number of amides is 1. The van der Waals surface area contributed by atoms with Gasteiger partial charge in [-0.2, -0.15) is 0 Å². The van der Waals surface area contributed by atoms with Gasteiger partial charge in [0.15, 0.2) is 0 Å². The lowest BCUT2D eigenvalue weighted by molar-refractivity contribution is 0.0952. The highest BCUT2D eigenvalue weighted by molar-refractivity contribution is 14.1. The number of rotatable bonds is 3. The molecular formula is C9H8F2INO. The van der Waals surface area contributed by atoms with Gasteiger partial charge in [0.2, 0.25) is 0 Å². The van der Waals surface area contributed by atoms with Crippen molar-refractivity contribution >= 4 is 28.5 Å². The molecular weight excluding hydrogens is 303 g/mol. The maximum atomic E-state index is 13.0. The summed E-state index contributed by atoms with van der Waals surface area (Å²) in [5, 5.41) is 2.50. The number of benzene rings is 1. The fourth-order valence-electron chi connectivity index (χ4n) is 0.930. The van der Waals surface area contributed by atoms with Crippen molar-refractivity contribution in [2.24, 2.45) is 0 Å². The van der Waals surface area contributed by atoms with E-state index >= 15 is 0 Å². The van der Waals surface area contributed by atoms with E-state index in [2.05, 4.69) is 27.9 Å². The first kappa shape index (κ1) is 11.4. The van der Waals surface area contributed by atoms with Crippen molar-refractivity contribution in [3.8, 4) is 0 Å². The number of halogens is 3. The minimum atomic E-state index is -0.837. The summed E-state index contributed by atoms with van der Waals surface area (Å²) in [6.45, 7) is 0.468. The van der Waals surface area contributed by atoms with Gasteiger partial charge in [-0.1, -0.05) is 22.6 Å². The lowest BCUT2D eigenvalue weighted by Gasteiger charge is -2.03. The van der Waals surface area contributed by atoms with E-state index in [9.17, 15) is 13.6 Å². The molecule has 0 atom stereocenters. The Balaban J connectivity index is 2.80. The molecule has 5 heteroatoms. The average Bonchev–Trinajstić information content (AvgIpc) is 2.14. The van der Waals surface area contributed by atoms with Crippen LogP contribution >= 0.6 is 22.6 Å². The molecule has 0 aliphatic rings. The Morgan fingerprint density at radius 2 is 2.14 bits per heavy atom. The van der Waals surface area contributed by atoms with E-state index in [4.69, 9.17) is 0 Å². The summed E-state index contributed by atoms with van der Waals surface area (Å²) < 4.78 is 26.3. The molecule has 0 aliphatic carbocycles. The first-order valence-corrected chi connectivity index (χ1v) is 5.47. The van der Waals surface area contributed by atoms with Gasteiger partial charge < -0.3 is 5.32 Å². The number of hydrogen-bond donors (Lipinski definition) is 1. The van der Waals surface area contributed by atoms with Crippen LogP contribution in [0.4, 0.5) is 8.78 Å². The van der Waals surface area contributed by atoms with E-state index in [1.54, 1.807) is 0 Å². The van der Waals surface area contributed by atoms with E-state index in [1.807, 2.05) is 0 Å². The summed E-state index contributed by atoms with van der Waals surface area (Å²) in [5.74, 6) is -2.04. The third-order valence-electron chi connectivity index (χ3n) is 1.56. The second kappa shape index (κ2) is 5.23. The monoisotopic (exact) mass is 311 g/mol. The minimum absolute atomic E-state index is 0.128. The van der Waals surface area contributed by atoms with Gasteiger partial charge >= 0.3 is 0 Å². The van der Waals surface area contributed by atoms with Crippen LogP contribution in [0.1, 0.15) is 10.4 Å². The van der Waals surface area contributed by atoms with Crippen LogP contribution in [0.15, 0.2) is 18.2 Å². The van der Waals surface area contributed by atoms with Crippen LogP contribution in [0.2, 0.25) is 0 Å². The highest BCUT2D eigenvalue weighted by Crippen LogP contribution is 2.08. The molecule has 0 aliphatic heterocycles. The average molecular weight is 311 g/mol. The van der Waals surface area contributed by atoms with Crippen molar-refractivity contribution in [2.45, 2.75) is 0 Å². The van der Waals surface area contributed by atoms with Gasteiger partial charge in [0.25, 0.3) is 5.91 Å². The summed E-state index contributed by atoms with van der Waals surface area (Å²) in [4.78, 5) is 11.3. The van der Waals surface area contributed by atoms with E-state index in [1.165, 1.54) is 0 Å². The summed E-state index contributed by atoms with van der Waals surface area (Å²) in [5.41, 5.74) is -0.128. The maximum absolute atomic E-state index is 13.0. The van der Waals surface area contributed by atoms with Crippen molar-refractivity contribution in [1.82, 2.24) is 5.32 Å². The fraction of sp³-hybridized carbons (Fsp3) is 0.222. The predicted molar refractivity (Wildman–Crippen MR) is 57.6 cm³/mol. The third kappa shape index (κ3) is 2.90. The van der Waals surface area contributed by atoms with Crippen LogP contribution in [-0.4, -0.2) is 16.9 Å². The quantitative estimate of drug-likeness (QED) is 0.672. The van der Waals surface area contributed by atoms with E-state index < -0.39 is 17.5 Å². The molecule has 0 fully saturated rings. The van der Waals surface area contributed by atoms with Crippen molar-refractivity contribution in [3.05, 3.63) is 35.4 Å². The summed E-state index contributed by atoms with van der Waals surface area (Å²) in [7, 11) is 0. The number of hydrogen-bond acceptors (Lipinski definition) is 1. The second-order valence-electron chi connectivity index (χ2n) is 2.57. The third-order valence-corrected chi connectivity index (χ3v) is 2.10. The Kier molecular flexibility index (Phi) is 4.24. The molecule has 1 N–H and O–H groups in total. The Hall–Kier alpha value is -0.720. The molecule has 0 unspecified atom stereocenters. The second-order valence-corrected chi connectivity index (χ2v) is 3.65. The molecule has 2 nitrogen and oxygen atoms in total. The lowest BCUT2D eigenvalue weighted by Crippen LogP contribution is -2.26. The molecule has 1 aromatic carbocycles. The molecule has 76 valence electrons. The molecule has 0 heterocycles. The van der Waals surface area contributed by atoms with Gasteiger partial charge in [0.1, 0.15) is 11.6 Å². The van der Waals surface area contributed by atoms with Crippen molar-refractivity contribution < 1.29 is 13.6 Å². The van der Waals surface area contributed by atoms with Gasteiger partial charge in [-0.15, -0.1) is 0 Å². The van der Waals surface area contributed by atoms with E-state index in [-0.39, 0.29) is 5.56 Å². The Morgan fingerprint density at radius 1 is 1.43 bits per heavy atom. The highest BCUT2D eigenvalue weighted by atomic mass is 127. The standard InChI is InChI=1S/C9H8F2INO/c10-6-1-2-7(8(11)5-6)9(14)13-4-3-12/h1-2,5H,3-4H2,(H,13,14). The number of nitrogens with one attached hydrogen (secondary N) is 1. The Labute approximate surface area is 93.8 Å². The minimum Gasteiger partial charge on any atom is -0.351 e. The molecule has 0 spiro atoms. The van der Waals surface area contributed by atoms with Crippen LogP contribution in [0.5, 0.6) is 0 Å². The van der Waals surface area contributed by atoms with Crippen molar-refractivity contribution in [3.63, 3.8) is 0 Å². The predicted octanol–water partition coefficient (Wildman–Crippen LogP) is 2.13. The topological polar surface area (TPSA) is 29.1 Å². The highest BCUT2D eigenvalue weighted by Gasteiger charge is 2.11. The number of alkyl halides is 1. The van der Waals surface area contributed by atoms with E-state index in [0.717, 1.165) is 16.6 Å². The van der Waals surface area contributed by atoms with Gasteiger partial charge in [-0.3, -0.25) is 4.79 Å². The molecule has 0 radical (unpaired) electrons. The Morgan fingerprint density at radius 3 is 2.71 bits per heavy atom. The summed E-state index contributed by atoms with van der Waals surface area (Å²) in [6, 6.07) is 2.88. The van der Waals surface area contributed by atoms with Crippen LogP contribution in [0.3, 0.4) is 0 Å². The zero-order valence-electron chi connectivity index (χ0n) is 7.19. The van der Waals surface area contributed by atoms with Crippen molar-refractivity contribution in [2.75, 3.05) is 11.0 Å².